The summed E-state index contributed by atoms with van der Waals surface area (Å²) in [5.41, 5.74) is 0. The van der Waals surface area contributed by atoms with E-state index in [1.54, 1.807) is 20.5 Å². The van der Waals surface area contributed by atoms with Gasteiger partial charge in [0.05, 0.1) is 13.7 Å². The average molecular weight is 360 g/mol. The van der Waals surface area contributed by atoms with Crippen LogP contribution in [0.3, 0.4) is 0 Å². The minimum atomic E-state index is 0.636. The SMILES string of the molecule is CCc1nncn1CCNC(=NC)NCCCOc1ccc(OC)cc1. The molecule has 2 rings (SSSR count). The maximum Gasteiger partial charge on any atom is 0.191 e. The first kappa shape index (κ1) is 19.6. The molecule has 8 nitrogen and oxygen atoms in total. The predicted octanol–water partition coefficient (Wildman–Crippen LogP) is 1.48. The average Bonchev–Trinajstić information content (AvgIpc) is 3.14. The molecule has 2 aromatic rings. The highest BCUT2D eigenvalue weighted by atomic mass is 16.5. The summed E-state index contributed by atoms with van der Waals surface area (Å²) in [4.78, 5) is 4.22. The van der Waals surface area contributed by atoms with Crippen molar-refractivity contribution in [2.75, 3.05) is 33.9 Å². The molecule has 0 spiro atoms. The number of aryl methyl sites for hydroxylation is 1. The molecule has 1 aromatic carbocycles. The molecule has 0 radical (unpaired) electrons. The largest absolute Gasteiger partial charge is 0.497 e. The van der Waals surface area contributed by atoms with Crippen LogP contribution in [0.2, 0.25) is 0 Å². The van der Waals surface area contributed by atoms with Gasteiger partial charge in [-0.1, -0.05) is 6.92 Å². The lowest BCUT2D eigenvalue weighted by Crippen LogP contribution is -2.39. The van der Waals surface area contributed by atoms with E-state index in [4.69, 9.17) is 9.47 Å². The maximum atomic E-state index is 5.70. The Balaban J connectivity index is 1.59. The second-order valence-corrected chi connectivity index (χ2v) is 5.60. The number of hydrogen-bond acceptors (Lipinski definition) is 5. The van der Waals surface area contributed by atoms with Gasteiger partial charge in [0.1, 0.15) is 23.7 Å². The zero-order valence-electron chi connectivity index (χ0n) is 15.7. The second-order valence-electron chi connectivity index (χ2n) is 5.60. The monoisotopic (exact) mass is 360 g/mol. The molecular formula is C18H28N6O2. The lowest BCUT2D eigenvalue weighted by molar-refractivity contribution is 0.310. The summed E-state index contributed by atoms with van der Waals surface area (Å²) in [6.07, 6.45) is 3.51. The lowest BCUT2D eigenvalue weighted by atomic mass is 10.3. The fourth-order valence-electron chi connectivity index (χ4n) is 2.40. The van der Waals surface area contributed by atoms with E-state index in [-0.39, 0.29) is 0 Å². The molecular weight excluding hydrogens is 332 g/mol. The van der Waals surface area contributed by atoms with Crippen molar-refractivity contribution in [3.05, 3.63) is 36.4 Å². The minimum absolute atomic E-state index is 0.636. The van der Waals surface area contributed by atoms with Gasteiger partial charge in [0.25, 0.3) is 0 Å². The van der Waals surface area contributed by atoms with E-state index in [9.17, 15) is 0 Å². The van der Waals surface area contributed by atoms with Crippen LogP contribution in [0, 0.1) is 0 Å². The number of hydrogen-bond donors (Lipinski definition) is 2. The van der Waals surface area contributed by atoms with Crippen LogP contribution in [-0.2, 0) is 13.0 Å². The third-order valence-electron chi connectivity index (χ3n) is 3.82. The Morgan fingerprint density at radius 1 is 1.15 bits per heavy atom. The summed E-state index contributed by atoms with van der Waals surface area (Å²) in [6.45, 7) is 5.05. The summed E-state index contributed by atoms with van der Waals surface area (Å²) >= 11 is 0. The number of nitrogens with one attached hydrogen (secondary N) is 2. The van der Waals surface area contributed by atoms with E-state index in [1.807, 2.05) is 28.8 Å². The molecule has 142 valence electrons. The molecule has 1 heterocycles. The molecule has 0 bridgehead atoms. The van der Waals surface area contributed by atoms with Crippen LogP contribution in [0.5, 0.6) is 11.5 Å². The van der Waals surface area contributed by atoms with Crippen molar-refractivity contribution in [1.82, 2.24) is 25.4 Å². The Morgan fingerprint density at radius 2 is 1.88 bits per heavy atom. The van der Waals surface area contributed by atoms with E-state index in [1.165, 1.54) is 0 Å². The van der Waals surface area contributed by atoms with Crippen molar-refractivity contribution in [3.63, 3.8) is 0 Å². The van der Waals surface area contributed by atoms with Gasteiger partial charge in [0.2, 0.25) is 0 Å². The quantitative estimate of drug-likeness (QED) is 0.379. The molecule has 0 fully saturated rings. The van der Waals surface area contributed by atoms with Gasteiger partial charge in [-0.15, -0.1) is 10.2 Å². The Hall–Kier alpha value is -2.77. The summed E-state index contributed by atoms with van der Waals surface area (Å²) in [6, 6.07) is 7.59. The van der Waals surface area contributed by atoms with Crippen molar-refractivity contribution < 1.29 is 9.47 Å². The first-order valence-corrected chi connectivity index (χ1v) is 8.84. The number of ether oxygens (including phenoxy) is 2. The Bertz CT molecular complexity index is 669. The van der Waals surface area contributed by atoms with E-state index >= 15 is 0 Å². The molecule has 0 aliphatic carbocycles. The van der Waals surface area contributed by atoms with Gasteiger partial charge in [-0.2, -0.15) is 0 Å². The number of nitrogens with zero attached hydrogens (tertiary/aromatic N) is 4. The molecule has 0 saturated carbocycles. The third-order valence-corrected chi connectivity index (χ3v) is 3.82. The van der Waals surface area contributed by atoms with Crippen molar-refractivity contribution >= 4 is 5.96 Å². The van der Waals surface area contributed by atoms with Crippen molar-refractivity contribution in [2.45, 2.75) is 26.3 Å². The fourth-order valence-corrected chi connectivity index (χ4v) is 2.40. The minimum Gasteiger partial charge on any atom is -0.497 e. The summed E-state index contributed by atoms with van der Waals surface area (Å²) in [5, 5.41) is 14.6. The number of rotatable bonds is 10. The van der Waals surface area contributed by atoms with Crippen LogP contribution in [0.4, 0.5) is 0 Å². The molecule has 0 amide bonds. The van der Waals surface area contributed by atoms with Gasteiger partial charge in [0, 0.05) is 33.1 Å². The highest BCUT2D eigenvalue weighted by Gasteiger charge is 2.02. The number of methoxy groups -OCH3 is 1. The van der Waals surface area contributed by atoms with Crippen molar-refractivity contribution in [3.8, 4) is 11.5 Å². The Kier molecular flexibility index (Phi) is 8.25. The fraction of sp³-hybridized carbons (Fsp3) is 0.500. The first-order valence-electron chi connectivity index (χ1n) is 8.84. The van der Waals surface area contributed by atoms with Gasteiger partial charge < -0.3 is 24.7 Å². The van der Waals surface area contributed by atoms with Crippen molar-refractivity contribution in [2.24, 2.45) is 4.99 Å². The molecule has 1 aromatic heterocycles. The molecule has 0 aliphatic rings. The third kappa shape index (κ3) is 6.27. The molecule has 0 unspecified atom stereocenters. The van der Waals surface area contributed by atoms with Crippen LogP contribution >= 0.6 is 0 Å². The van der Waals surface area contributed by atoms with Crippen LogP contribution in [0.1, 0.15) is 19.2 Å². The van der Waals surface area contributed by atoms with Crippen molar-refractivity contribution in [1.29, 1.82) is 0 Å². The predicted molar refractivity (Wildman–Crippen MR) is 102 cm³/mol. The Labute approximate surface area is 154 Å². The highest BCUT2D eigenvalue weighted by molar-refractivity contribution is 5.79. The van der Waals surface area contributed by atoms with Crippen LogP contribution in [-0.4, -0.2) is 54.6 Å². The zero-order valence-corrected chi connectivity index (χ0v) is 15.7. The van der Waals surface area contributed by atoms with E-state index < -0.39 is 0 Å². The molecule has 0 saturated heterocycles. The number of aliphatic imine (C=N–C) groups is 1. The smallest absolute Gasteiger partial charge is 0.191 e. The standard InChI is InChI=1S/C18H28N6O2/c1-4-17-23-22-14-24(17)12-11-21-18(19-2)20-10-5-13-26-16-8-6-15(25-3)7-9-16/h6-9,14H,4-5,10-13H2,1-3H3,(H2,19,20,21). The van der Waals surface area contributed by atoms with Gasteiger partial charge in [-0.25, -0.2) is 0 Å². The topological polar surface area (TPSA) is 85.6 Å². The van der Waals surface area contributed by atoms with Gasteiger partial charge in [0.15, 0.2) is 5.96 Å². The number of guanidine groups is 1. The summed E-state index contributed by atoms with van der Waals surface area (Å²) in [5.74, 6) is 3.44. The Morgan fingerprint density at radius 3 is 2.58 bits per heavy atom. The van der Waals surface area contributed by atoms with Crippen LogP contribution < -0.4 is 20.1 Å². The van der Waals surface area contributed by atoms with Gasteiger partial charge >= 0.3 is 0 Å². The van der Waals surface area contributed by atoms with E-state index in [2.05, 4.69) is 32.7 Å². The van der Waals surface area contributed by atoms with E-state index in [0.717, 1.165) is 55.8 Å². The molecule has 8 heteroatoms. The zero-order chi connectivity index (χ0) is 18.6. The maximum absolute atomic E-state index is 5.70. The second kappa shape index (κ2) is 11.0. The molecule has 0 aliphatic heterocycles. The van der Waals surface area contributed by atoms with Gasteiger partial charge in [-0.05, 0) is 30.7 Å². The molecule has 2 N–H and O–H groups in total. The molecule has 26 heavy (non-hydrogen) atoms. The van der Waals surface area contributed by atoms with Gasteiger partial charge in [-0.3, -0.25) is 4.99 Å². The molecule has 0 atom stereocenters. The first-order chi connectivity index (χ1) is 12.8. The summed E-state index contributed by atoms with van der Waals surface area (Å²) < 4.78 is 12.9. The lowest BCUT2D eigenvalue weighted by Gasteiger charge is -2.13. The van der Waals surface area contributed by atoms with E-state index in [0.29, 0.717) is 6.61 Å². The number of aromatic nitrogens is 3. The normalized spacial score (nSPS) is 11.3. The van der Waals surface area contributed by atoms with Crippen LogP contribution in [0.25, 0.3) is 0 Å². The summed E-state index contributed by atoms with van der Waals surface area (Å²) in [7, 11) is 3.41. The van der Waals surface area contributed by atoms with Crippen LogP contribution in [0.15, 0.2) is 35.6 Å². The number of benzene rings is 1. The highest BCUT2D eigenvalue weighted by Crippen LogP contribution is 2.16.